The van der Waals surface area contributed by atoms with Gasteiger partial charge in [-0.25, -0.2) is 0 Å². The Labute approximate surface area is 187 Å². The van der Waals surface area contributed by atoms with Gasteiger partial charge in [0.15, 0.2) is 0 Å². The van der Waals surface area contributed by atoms with Gasteiger partial charge in [0.1, 0.15) is 7.85 Å². The van der Waals surface area contributed by atoms with E-state index in [1.807, 2.05) is 0 Å². The van der Waals surface area contributed by atoms with Crippen molar-refractivity contribution in [1.29, 1.82) is 0 Å². The van der Waals surface area contributed by atoms with Crippen molar-refractivity contribution in [2.45, 2.75) is 109 Å². The van der Waals surface area contributed by atoms with Crippen molar-refractivity contribution in [3.05, 3.63) is 53.6 Å². The van der Waals surface area contributed by atoms with Crippen LogP contribution in [0.4, 0.5) is 0 Å². The largest absolute Gasteiger partial charge is 0.114 e. The molecule has 30 heavy (non-hydrogen) atoms. The molecule has 0 aliphatic heterocycles. The van der Waals surface area contributed by atoms with Gasteiger partial charge in [-0.3, -0.25) is 0 Å². The lowest BCUT2D eigenvalue weighted by Crippen LogP contribution is -2.31. The summed E-state index contributed by atoms with van der Waals surface area (Å²) >= 11 is 0. The number of benzene rings is 2. The van der Waals surface area contributed by atoms with E-state index in [1.165, 1.54) is 107 Å². The van der Waals surface area contributed by atoms with Crippen molar-refractivity contribution in [2.24, 2.45) is 0 Å². The van der Waals surface area contributed by atoms with Gasteiger partial charge in [-0.2, -0.15) is 0 Å². The second-order valence-electron chi connectivity index (χ2n) is 9.43. The van der Waals surface area contributed by atoms with Crippen LogP contribution in [0.25, 0.3) is 11.1 Å². The SMILES string of the molecule is [B]c1cccc2c1C(CCCCCCCC)(CCCCCCCC)c1ccccc1-2. The Morgan fingerprint density at radius 1 is 0.600 bits per heavy atom. The topological polar surface area (TPSA) is 0 Å². The Morgan fingerprint density at radius 2 is 1.13 bits per heavy atom. The lowest BCUT2D eigenvalue weighted by molar-refractivity contribution is 0.399. The van der Waals surface area contributed by atoms with Crippen LogP contribution in [0.3, 0.4) is 0 Å². The van der Waals surface area contributed by atoms with Crippen LogP contribution in [0.1, 0.15) is 115 Å². The minimum absolute atomic E-state index is 0.118. The van der Waals surface area contributed by atoms with Crippen LogP contribution < -0.4 is 5.46 Å². The zero-order valence-electron chi connectivity index (χ0n) is 19.5. The van der Waals surface area contributed by atoms with Gasteiger partial charge in [0.05, 0.1) is 0 Å². The molecular formula is C29H41B. The summed E-state index contributed by atoms with van der Waals surface area (Å²) < 4.78 is 0. The smallest absolute Gasteiger partial charge is 0.0920 e. The highest BCUT2D eigenvalue weighted by atomic mass is 14.4. The highest BCUT2D eigenvalue weighted by Gasteiger charge is 2.42. The molecule has 0 fully saturated rings. The minimum Gasteiger partial charge on any atom is -0.0920 e. The standard InChI is InChI=1S/C29H41B/c1-3-5-7-9-11-15-22-29(23-16-12-10-8-6-4-2)26-20-14-13-18-24(26)25-19-17-21-27(30)28(25)29/h13-14,17-21H,3-12,15-16,22-23H2,1-2H3. The molecule has 0 atom stereocenters. The third-order valence-electron chi connectivity index (χ3n) is 7.22. The average molecular weight is 400 g/mol. The van der Waals surface area contributed by atoms with Crippen LogP contribution in [0.15, 0.2) is 42.5 Å². The maximum absolute atomic E-state index is 6.67. The molecule has 160 valence electrons. The van der Waals surface area contributed by atoms with Gasteiger partial charge in [-0.15, -0.1) is 0 Å². The highest BCUT2D eigenvalue weighted by molar-refractivity contribution is 6.34. The van der Waals surface area contributed by atoms with E-state index in [4.69, 9.17) is 7.85 Å². The molecule has 0 aromatic heterocycles. The third kappa shape index (κ3) is 5.21. The van der Waals surface area contributed by atoms with Crippen molar-refractivity contribution in [3.63, 3.8) is 0 Å². The first kappa shape index (κ1) is 23.2. The summed E-state index contributed by atoms with van der Waals surface area (Å²) in [5.74, 6) is 0. The van der Waals surface area contributed by atoms with Crippen LogP contribution in [-0.2, 0) is 5.41 Å². The summed E-state index contributed by atoms with van der Waals surface area (Å²) in [6, 6.07) is 15.7. The molecule has 0 amide bonds. The van der Waals surface area contributed by atoms with E-state index in [9.17, 15) is 0 Å². The molecule has 0 saturated heterocycles. The number of fused-ring (bicyclic) bond motifs is 3. The van der Waals surface area contributed by atoms with E-state index in [1.54, 1.807) is 5.56 Å². The molecule has 1 heteroatoms. The van der Waals surface area contributed by atoms with Gasteiger partial charge >= 0.3 is 0 Å². The molecule has 0 nitrogen and oxygen atoms in total. The molecule has 0 unspecified atom stereocenters. The lowest BCUT2D eigenvalue weighted by atomic mass is 9.67. The number of hydrogen-bond donors (Lipinski definition) is 0. The maximum atomic E-state index is 6.67. The normalized spacial score (nSPS) is 13.9. The first-order valence-electron chi connectivity index (χ1n) is 12.7. The molecule has 2 radical (unpaired) electrons. The molecule has 1 aliphatic carbocycles. The average Bonchev–Trinajstić information content (AvgIpc) is 3.05. The van der Waals surface area contributed by atoms with Gasteiger partial charge in [-0.05, 0) is 35.1 Å². The van der Waals surface area contributed by atoms with Gasteiger partial charge in [-0.1, -0.05) is 139 Å². The van der Waals surface area contributed by atoms with Crippen LogP contribution in [0.5, 0.6) is 0 Å². The summed E-state index contributed by atoms with van der Waals surface area (Å²) in [7, 11) is 6.67. The minimum atomic E-state index is 0.118. The molecule has 1 aliphatic rings. The van der Waals surface area contributed by atoms with Crippen molar-refractivity contribution in [1.82, 2.24) is 0 Å². The number of hydrogen-bond acceptors (Lipinski definition) is 0. The Morgan fingerprint density at radius 3 is 1.77 bits per heavy atom. The van der Waals surface area contributed by atoms with Gasteiger partial charge in [0, 0.05) is 5.41 Å². The number of rotatable bonds is 14. The monoisotopic (exact) mass is 400 g/mol. The fraction of sp³-hybridized carbons (Fsp3) is 0.586. The molecular weight excluding hydrogens is 359 g/mol. The second-order valence-corrected chi connectivity index (χ2v) is 9.43. The maximum Gasteiger partial charge on any atom is 0.114 e. The van der Waals surface area contributed by atoms with E-state index in [2.05, 4.69) is 56.3 Å². The Kier molecular flexibility index (Phi) is 9.10. The first-order chi connectivity index (χ1) is 14.7. The Hall–Kier alpha value is -1.50. The quantitative estimate of drug-likeness (QED) is 0.221. The molecule has 0 spiro atoms. The zero-order chi connectivity index (χ0) is 21.2. The molecule has 0 bridgehead atoms. The second kappa shape index (κ2) is 11.8. The predicted molar refractivity (Wildman–Crippen MR) is 134 cm³/mol. The third-order valence-corrected chi connectivity index (χ3v) is 7.22. The van der Waals surface area contributed by atoms with E-state index in [0.29, 0.717) is 0 Å². The molecule has 2 aromatic carbocycles. The summed E-state index contributed by atoms with van der Waals surface area (Å²) in [6.45, 7) is 4.59. The zero-order valence-corrected chi connectivity index (χ0v) is 19.5. The predicted octanol–water partition coefficient (Wildman–Crippen LogP) is 8.25. The fourth-order valence-electron chi connectivity index (χ4n) is 5.66. The molecule has 0 heterocycles. The van der Waals surface area contributed by atoms with Crippen LogP contribution in [-0.4, -0.2) is 7.85 Å². The van der Waals surface area contributed by atoms with E-state index < -0.39 is 0 Å². The van der Waals surface area contributed by atoms with E-state index in [-0.39, 0.29) is 5.41 Å². The molecule has 0 N–H and O–H groups in total. The summed E-state index contributed by atoms with van der Waals surface area (Å²) in [5.41, 5.74) is 6.92. The molecule has 3 rings (SSSR count). The van der Waals surface area contributed by atoms with Gasteiger partial charge in [0.2, 0.25) is 0 Å². The van der Waals surface area contributed by atoms with Gasteiger partial charge in [0.25, 0.3) is 0 Å². The van der Waals surface area contributed by atoms with Crippen LogP contribution >= 0.6 is 0 Å². The van der Waals surface area contributed by atoms with Crippen molar-refractivity contribution in [3.8, 4) is 11.1 Å². The first-order valence-corrected chi connectivity index (χ1v) is 12.7. The molecule has 2 aromatic rings. The lowest BCUT2D eigenvalue weighted by Gasteiger charge is -2.34. The van der Waals surface area contributed by atoms with Crippen LogP contribution in [0.2, 0.25) is 0 Å². The van der Waals surface area contributed by atoms with Crippen molar-refractivity contribution < 1.29 is 0 Å². The summed E-state index contributed by atoms with van der Waals surface area (Å²) in [5, 5.41) is 0. The van der Waals surface area contributed by atoms with Crippen molar-refractivity contribution >= 4 is 13.3 Å². The summed E-state index contributed by atoms with van der Waals surface area (Å²) in [4.78, 5) is 0. The Balaban J connectivity index is 1.81. The Bertz CT molecular complexity index is 760. The number of unbranched alkanes of at least 4 members (excludes halogenated alkanes) is 10. The van der Waals surface area contributed by atoms with E-state index in [0.717, 1.165) is 5.46 Å². The van der Waals surface area contributed by atoms with Gasteiger partial charge < -0.3 is 0 Å². The highest BCUT2D eigenvalue weighted by Crippen LogP contribution is 2.53. The molecule has 0 saturated carbocycles. The fourth-order valence-corrected chi connectivity index (χ4v) is 5.66. The van der Waals surface area contributed by atoms with E-state index >= 15 is 0 Å². The summed E-state index contributed by atoms with van der Waals surface area (Å²) in [6.07, 6.45) is 18.7. The van der Waals surface area contributed by atoms with Crippen molar-refractivity contribution in [2.75, 3.05) is 0 Å². The van der Waals surface area contributed by atoms with Crippen LogP contribution in [0, 0.1) is 0 Å².